The van der Waals surface area contributed by atoms with E-state index in [0.717, 1.165) is 0 Å². The minimum atomic E-state index is -0.306. The van der Waals surface area contributed by atoms with Crippen LogP contribution in [0.15, 0.2) is 0 Å². The molecule has 1 saturated carbocycles. The van der Waals surface area contributed by atoms with Crippen LogP contribution in [0.25, 0.3) is 0 Å². The monoisotopic (exact) mass is 243 g/mol. The molecule has 0 bridgehead atoms. The van der Waals surface area contributed by atoms with Gasteiger partial charge in [0.25, 0.3) is 0 Å². The fraction of sp³-hybridized carbons (Fsp3) is 0.667. The molecule has 1 aliphatic rings. The number of nitrogens with zero attached hydrogens (tertiary/aromatic N) is 3. The fourth-order valence-corrected chi connectivity index (χ4v) is 1.90. The zero-order valence-electron chi connectivity index (χ0n) is 9.11. The molecule has 0 radical (unpaired) electrons. The van der Waals surface area contributed by atoms with E-state index in [-0.39, 0.29) is 28.8 Å². The molecule has 2 rings (SSSR count). The van der Waals surface area contributed by atoms with E-state index in [1.54, 1.807) is 0 Å². The third-order valence-corrected chi connectivity index (χ3v) is 3.31. The lowest BCUT2D eigenvalue weighted by Crippen LogP contribution is -2.57. The van der Waals surface area contributed by atoms with E-state index in [0.29, 0.717) is 12.4 Å². The Morgan fingerprint density at radius 1 is 1.44 bits per heavy atom. The van der Waals surface area contributed by atoms with Crippen LogP contribution in [-0.4, -0.2) is 32.2 Å². The van der Waals surface area contributed by atoms with Crippen LogP contribution in [0, 0.1) is 5.41 Å². The molecular formula is C9H14ClN5O. The SMILES string of the molecule is CC1(C)C(O)CC1Nc1nc(N)nc(Cl)n1. The van der Waals surface area contributed by atoms with Crippen molar-refractivity contribution in [1.82, 2.24) is 15.0 Å². The molecule has 0 saturated heterocycles. The number of halogens is 1. The summed E-state index contributed by atoms with van der Waals surface area (Å²) in [5, 5.41) is 12.7. The fourth-order valence-electron chi connectivity index (χ4n) is 1.73. The minimum absolute atomic E-state index is 0.0627. The second kappa shape index (κ2) is 3.71. The Morgan fingerprint density at radius 3 is 2.62 bits per heavy atom. The lowest BCUT2D eigenvalue weighted by atomic mass is 9.65. The summed E-state index contributed by atoms with van der Waals surface area (Å²) in [6, 6.07) is 0.111. The van der Waals surface area contributed by atoms with Gasteiger partial charge in [0.2, 0.25) is 17.2 Å². The Balaban J connectivity index is 2.11. The Morgan fingerprint density at radius 2 is 2.12 bits per heavy atom. The average Bonchev–Trinajstić information content (AvgIpc) is 2.15. The number of nitrogens with two attached hydrogens (primary N) is 1. The van der Waals surface area contributed by atoms with Crippen molar-refractivity contribution in [3.8, 4) is 0 Å². The molecule has 88 valence electrons. The van der Waals surface area contributed by atoms with Gasteiger partial charge in [0.05, 0.1) is 6.10 Å². The third-order valence-electron chi connectivity index (χ3n) is 3.14. The van der Waals surface area contributed by atoms with Crippen LogP contribution in [-0.2, 0) is 0 Å². The normalized spacial score (nSPS) is 27.2. The summed E-state index contributed by atoms with van der Waals surface area (Å²) in [6.45, 7) is 3.95. The van der Waals surface area contributed by atoms with Crippen molar-refractivity contribution in [3.63, 3.8) is 0 Å². The van der Waals surface area contributed by atoms with E-state index in [1.165, 1.54) is 0 Å². The number of aromatic nitrogens is 3. The van der Waals surface area contributed by atoms with Gasteiger partial charge in [-0.1, -0.05) is 13.8 Å². The molecule has 1 fully saturated rings. The van der Waals surface area contributed by atoms with Crippen molar-refractivity contribution in [1.29, 1.82) is 0 Å². The largest absolute Gasteiger partial charge is 0.392 e. The van der Waals surface area contributed by atoms with Gasteiger partial charge in [0.1, 0.15) is 0 Å². The molecule has 0 aliphatic heterocycles. The minimum Gasteiger partial charge on any atom is -0.392 e. The van der Waals surface area contributed by atoms with E-state index in [4.69, 9.17) is 17.3 Å². The topological polar surface area (TPSA) is 97.0 Å². The highest BCUT2D eigenvalue weighted by molar-refractivity contribution is 6.28. The zero-order chi connectivity index (χ0) is 11.9. The molecule has 4 N–H and O–H groups in total. The second-order valence-electron chi connectivity index (χ2n) is 4.56. The molecule has 16 heavy (non-hydrogen) atoms. The number of aliphatic hydroxyl groups is 1. The lowest BCUT2D eigenvalue weighted by molar-refractivity contribution is -0.0512. The Hall–Kier alpha value is -1.14. The van der Waals surface area contributed by atoms with Gasteiger partial charge in [-0.05, 0) is 18.0 Å². The highest BCUT2D eigenvalue weighted by Crippen LogP contribution is 2.41. The number of hydrogen-bond donors (Lipinski definition) is 3. The number of rotatable bonds is 2. The standard InChI is InChI=1S/C9H14ClN5O/c1-9(2)4(3-5(9)16)12-8-14-6(10)13-7(11)15-8/h4-5,16H,3H2,1-2H3,(H3,11,12,13,14,15). The molecule has 1 aromatic rings. The van der Waals surface area contributed by atoms with E-state index in [1.807, 2.05) is 13.8 Å². The van der Waals surface area contributed by atoms with Crippen LogP contribution in [0.3, 0.4) is 0 Å². The van der Waals surface area contributed by atoms with Gasteiger partial charge in [-0.15, -0.1) is 0 Å². The highest BCUT2D eigenvalue weighted by atomic mass is 35.5. The summed E-state index contributed by atoms with van der Waals surface area (Å²) >= 11 is 5.66. The summed E-state index contributed by atoms with van der Waals surface area (Å²) in [5.74, 6) is 0.433. The zero-order valence-corrected chi connectivity index (χ0v) is 9.86. The summed E-state index contributed by atoms with van der Waals surface area (Å²) in [4.78, 5) is 11.5. The Kier molecular flexibility index (Phi) is 2.63. The van der Waals surface area contributed by atoms with Gasteiger partial charge in [-0.3, -0.25) is 0 Å². The maximum Gasteiger partial charge on any atom is 0.229 e. The Bertz CT molecular complexity index is 391. The number of nitrogen functional groups attached to an aromatic ring is 1. The van der Waals surface area contributed by atoms with Gasteiger partial charge in [-0.25, -0.2) is 0 Å². The highest BCUT2D eigenvalue weighted by Gasteiger charge is 2.47. The first-order chi connectivity index (χ1) is 7.39. The molecule has 0 amide bonds. The first kappa shape index (κ1) is 11.3. The Labute approximate surface area is 98.3 Å². The molecule has 0 aromatic carbocycles. The van der Waals surface area contributed by atoms with Gasteiger partial charge < -0.3 is 16.2 Å². The maximum absolute atomic E-state index is 9.59. The van der Waals surface area contributed by atoms with Gasteiger partial charge in [0.15, 0.2) is 0 Å². The number of nitrogens with one attached hydrogen (secondary N) is 1. The second-order valence-corrected chi connectivity index (χ2v) is 4.89. The van der Waals surface area contributed by atoms with E-state index in [2.05, 4.69) is 20.3 Å². The number of aliphatic hydroxyl groups excluding tert-OH is 1. The molecule has 0 spiro atoms. The van der Waals surface area contributed by atoms with Crippen molar-refractivity contribution < 1.29 is 5.11 Å². The third kappa shape index (κ3) is 1.90. The summed E-state index contributed by atoms with van der Waals surface area (Å²) < 4.78 is 0. The van der Waals surface area contributed by atoms with Gasteiger partial charge >= 0.3 is 0 Å². The smallest absolute Gasteiger partial charge is 0.229 e. The summed E-state index contributed by atoms with van der Waals surface area (Å²) in [5.41, 5.74) is 5.25. The molecule has 2 unspecified atom stereocenters. The van der Waals surface area contributed by atoms with Gasteiger partial charge in [-0.2, -0.15) is 15.0 Å². The van der Waals surface area contributed by atoms with Crippen molar-refractivity contribution >= 4 is 23.5 Å². The first-order valence-electron chi connectivity index (χ1n) is 5.01. The predicted molar refractivity (Wildman–Crippen MR) is 61.1 cm³/mol. The summed E-state index contributed by atoms with van der Waals surface area (Å²) in [7, 11) is 0. The van der Waals surface area contributed by atoms with E-state index < -0.39 is 0 Å². The van der Waals surface area contributed by atoms with E-state index >= 15 is 0 Å². The molecule has 1 heterocycles. The van der Waals surface area contributed by atoms with Crippen LogP contribution in [0.1, 0.15) is 20.3 Å². The van der Waals surface area contributed by atoms with Crippen molar-refractivity contribution in [3.05, 3.63) is 5.28 Å². The lowest BCUT2D eigenvalue weighted by Gasteiger charge is -2.49. The molecule has 2 atom stereocenters. The molecule has 1 aromatic heterocycles. The van der Waals surface area contributed by atoms with Gasteiger partial charge in [0, 0.05) is 11.5 Å². The van der Waals surface area contributed by atoms with E-state index in [9.17, 15) is 5.11 Å². The first-order valence-corrected chi connectivity index (χ1v) is 5.39. The summed E-state index contributed by atoms with van der Waals surface area (Å²) in [6.07, 6.45) is 0.357. The van der Waals surface area contributed by atoms with Crippen molar-refractivity contribution in [2.45, 2.75) is 32.4 Å². The van der Waals surface area contributed by atoms with Crippen LogP contribution in [0.5, 0.6) is 0 Å². The number of anilines is 2. The predicted octanol–water partition coefficient (Wildman–Crippen LogP) is 0.678. The maximum atomic E-state index is 9.59. The molecule has 1 aliphatic carbocycles. The van der Waals surface area contributed by atoms with Crippen LogP contribution >= 0.6 is 11.6 Å². The van der Waals surface area contributed by atoms with Crippen LogP contribution < -0.4 is 11.1 Å². The number of hydrogen-bond acceptors (Lipinski definition) is 6. The van der Waals surface area contributed by atoms with Crippen molar-refractivity contribution in [2.75, 3.05) is 11.1 Å². The quantitative estimate of drug-likeness (QED) is 0.707. The average molecular weight is 244 g/mol. The molecule has 7 heteroatoms. The molecular weight excluding hydrogens is 230 g/mol. The van der Waals surface area contributed by atoms with Crippen molar-refractivity contribution in [2.24, 2.45) is 5.41 Å². The molecule has 6 nitrogen and oxygen atoms in total. The van der Waals surface area contributed by atoms with Crippen LogP contribution in [0.2, 0.25) is 5.28 Å². The van der Waals surface area contributed by atoms with Crippen LogP contribution in [0.4, 0.5) is 11.9 Å².